The Morgan fingerprint density at radius 2 is 1.63 bits per heavy atom. The van der Waals surface area contributed by atoms with E-state index in [2.05, 4.69) is 17.4 Å². The van der Waals surface area contributed by atoms with Crippen molar-refractivity contribution in [1.82, 2.24) is 5.32 Å². The summed E-state index contributed by atoms with van der Waals surface area (Å²) >= 11 is 0. The summed E-state index contributed by atoms with van der Waals surface area (Å²) in [4.78, 5) is 24.5. The van der Waals surface area contributed by atoms with E-state index in [0.717, 1.165) is 35.1 Å². The molecule has 0 radical (unpaired) electrons. The number of carboxylic acids is 1. The topological polar surface area (TPSA) is 84.9 Å². The minimum absolute atomic E-state index is 0.0706. The summed E-state index contributed by atoms with van der Waals surface area (Å²) < 4.78 is 11.4. The van der Waals surface area contributed by atoms with Crippen LogP contribution in [-0.4, -0.2) is 42.0 Å². The molecule has 1 fully saturated rings. The van der Waals surface area contributed by atoms with Crippen LogP contribution in [0.3, 0.4) is 0 Å². The first kappa shape index (κ1) is 20.4. The van der Waals surface area contributed by atoms with Crippen LogP contribution in [0, 0.1) is 0 Å². The van der Waals surface area contributed by atoms with E-state index in [4.69, 9.17) is 9.47 Å². The van der Waals surface area contributed by atoms with Crippen LogP contribution in [0.1, 0.15) is 49.7 Å². The number of ether oxygens (including phenoxy) is 2. The number of benzene rings is 2. The van der Waals surface area contributed by atoms with Gasteiger partial charge in [0.2, 0.25) is 0 Å². The predicted molar refractivity (Wildman–Crippen MR) is 112 cm³/mol. The highest BCUT2D eigenvalue weighted by molar-refractivity contribution is 5.82. The molecule has 1 amide bonds. The Labute approximate surface area is 176 Å². The zero-order valence-electron chi connectivity index (χ0n) is 17.1. The Bertz CT molecular complexity index is 889. The van der Waals surface area contributed by atoms with Gasteiger partial charge in [-0.1, -0.05) is 61.4 Å². The summed E-state index contributed by atoms with van der Waals surface area (Å²) in [6.07, 6.45) is 2.27. The lowest BCUT2D eigenvalue weighted by Crippen LogP contribution is -2.57. The molecule has 2 N–H and O–H groups in total. The maximum Gasteiger partial charge on any atom is 0.407 e. The van der Waals surface area contributed by atoms with Gasteiger partial charge in [0.25, 0.3) is 0 Å². The molecule has 0 aliphatic heterocycles. The molecule has 0 saturated heterocycles. The number of carboxylic acid groups (broad SMARTS) is 1. The van der Waals surface area contributed by atoms with Gasteiger partial charge in [-0.15, -0.1) is 0 Å². The molecule has 2 aromatic rings. The van der Waals surface area contributed by atoms with Crippen LogP contribution in [-0.2, 0) is 14.3 Å². The van der Waals surface area contributed by atoms with E-state index in [1.165, 1.54) is 0 Å². The highest BCUT2D eigenvalue weighted by atomic mass is 16.6. The number of aliphatic carboxylic acids is 1. The molecule has 2 aliphatic rings. The number of hydrogen-bond acceptors (Lipinski definition) is 4. The zero-order valence-corrected chi connectivity index (χ0v) is 17.1. The van der Waals surface area contributed by atoms with Gasteiger partial charge in [0, 0.05) is 12.5 Å². The van der Waals surface area contributed by atoms with Gasteiger partial charge >= 0.3 is 12.1 Å². The summed E-state index contributed by atoms with van der Waals surface area (Å²) in [7, 11) is 0. The number of carbonyl (C=O) groups excluding carboxylic acids is 1. The van der Waals surface area contributed by atoms with Gasteiger partial charge in [0.05, 0.1) is 5.60 Å². The van der Waals surface area contributed by atoms with Crippen molar-refractivity contribution >= 4 is 12.1 Å². The molecule has 30 heavy (non-hydrogen) atoms. The van der Waals surface area contributed by atoms with E-state index in [-0.39, 0.29) is 12.5 Å². The summed E-state index contributed by atoms with van der Waals surface area (Å²) in [6, 6.07) is 15.1. The van der Waals surface area contributed by atoms with Crippen LogP contribution in [0.5, 0.6) is 0 Å². The molecule has 4 rings (SSSR count). The maximum absolute atomic E-state index is 12.6. The lowest BCUT2D eigenvalue weighted by Gasteiger charge is -2.34. The Balaban J connectivity index is 1.47. The molecular formula is C24H27NO5. The van der Waals surface area contributed by atoms with Gasteiger partial charge < -0.3 is 19.9 Å². The van der Waals surface area contributed by atoms with Gasteiger partial charge in [0.1, 0.15) is 6.61 Å². The van der Waals surface area contributed by atoms with Crippen molar-refractivity contribution in [2.75, 3.05) is 13.2 Å². The summed E-state index contributed by atoms with van der Waals surface area (Å²) in [5.74, 6) is -1.17. The zero-order chi connectivity index (χ0) is 21.1. The van der Waals surface area contributed by atoms with Crippen LogP contribution in [0.4, 0.5) is 4.79 Å². The van der Waals surface area contributed by atoms with E-state index in [0.29, 0.717) is 19.4 Å². The number of fused-ring (bicyclic) bond motifs is 3. The molecule has 2 aliphatic carbocycles. The van der Waals surface area contributed by atoms with E-state index in [9.17, 15) is 14.7 Å². The lowest BCUT2D eigenvalue weighted by molar-refractivity contribution is -0.150. The van der Waals surface area contributed by atoms with Crippen molar-refractivity contribution in [3.63, 3.8) is 0 Å². The Morgan fingerprint density at radius 3 is 2.17 bits per heavy atom. The smallest absolute Gasteiger partial charge is 0.407 e. The Kier molecular flexibility index (Phi) is 5.77. The summed E-state index contributed by atoms with van der Waals surface area (Å²) in [5, 5.41) is 12.3. The summed E-state index contributed by atoms with van der Waals surface area (Å²) in [6.45, 7) is 2.39. The molecule has 0 aromatic heterocycles. The third-order valence-corrected chi connectivity index (χ3v) is 6.26. The first-order valence-electron chi connectivity index (χ1n) is 10.5. The van der Waals surface area contributed by atoms with Crippen LogP contribution in [0.2, 0.25) is 0 Å². The highest BCUT2D eigenvalue weighted by Crippen LogP contribution is 2.44. The standard InChI is InChI=1S/C24H27NO5/c1-2-30-24(13-7-8-14-24)21(22(26)27)25-23(28)29-15-20-18-11-5-3-9-16(18)17-10-4-6-12-19(17)20/h3-6,9-12,20-21H,2,7-8,13-15H2,1H3,(H,25,28)(H,26,27). The third-order valence-electron chi connectivity index (χ3n) is 6.26. The average Bonchev–Trinajstić information content (AvgIpc) is 3.34. The number of nitrogens with one attached hydrogen (secondary N) is 1. The number of hydrogen-bond donors (Lipinski definition) is 2. The van der Waals surface area contributed by atoms with Gasteiger partial charge in [-0.2, -0.15) is 0 Å². The van der Waals surface area contributed by atoms with Crippen molar-refractivity contribution in [1.29, 1.82) is 0 Å². The molecule has 1 unspecified atom stereocenters. The molecule has 1 saturated carbocycles. The fourth-order valence-electron chi connectivity index (χ4n) is 4.95. The highest BCUT2D eigenvalue weighted by Gasteiger charge is 2.47. The minimum Gasteiger partial charge on any atom is -0.480 e. The van der Waals surface area contributed by atoms with E-state index in [1.54, 1.807) is 0 Å². The second kappa shape index (κ2) is 8.48. The molecule has 6 heteroatoms. The van der Waals surface area contributed by atoms with Crippen LogP contribution >= 0.6 is 0 Å². The Hall–Kier alpha value is -2.86. The van der Waals surface area contributed by atoms with Gasteiger partial charge in [-0.05, 0) is 42.0 Å². The Morgan fingerprint density at radius 1 is 1.07 bits per heavy atom. The number of rotatable bonds is 7. The molecule has 6 nitrogen and oxygen atoms in total. The van der Waals surface area contributed by atoms with Crippen molar-refractivity contribution in [3.8, 4) is 11.1 Å². The number of amides is 1. The summed E-state index contributed by atoms with van der Waals surface area (Å²) in [5.41, 5.74) is 3.65. The predicted octanol–water partition coefficient (Wildman–Crippen LogP) is 4.33. The largest absolute Gasteiger partial charge is 0.480 e. The third kappa shape index (κ3) is 3.67. The van der Waals surface area contributed by atoms with Gasteiger partial charge in [-0.3, -0.25) is 0 Å². The number of carbonyl (C=O) groups is 2. The van der Waals surface area contributed by atoms with Gasteiger partial charge in [-0.25, -0.2) is 9.59 Å². The molecule has 0 spiro atoms. The molecular weight excluding hydrogens is 382 g/mol. The van der Waals surface area contributed by atoms with Crippen molar-refractivity contribution in [2.45, 2.75) is 50.2 Å². The van der Waals surface area contributed by atoms with E-state index >= 15 is 0 Å². The van der Waals surface area contributed by atoms with E-state index in [1.807, 2.05) is 43.3 Å². The monoisotopic (exact) mass is 409 g/mol. The minimum atomic E-state index is -1.13. The SMILES string of the molecule is CCOC1(C(NC(=O)OCC2c3ccccc3-c3ccccc32)C(=O)O)CCCC1. The molecule has 0 bridgehead atoms. The quantitative estimate of drug-likeness (QED) is 0.711. The van der Waals surface area contributed by atoms with Crippen molar-refractivity contribution in [2.24, 2.45) is 0 Å². The normalized spacial score (nSPS) is 17.8. The van der Waals surface area contributed by atoms with Gasteiger partial charge in [0.15, 0.2) is 6.04 Å². The average molecular weight is 409 g/mol. The second-order valence-corrected chi connectivity index (χ2v) is 7.95. The number of alkyl carbamates (subject to hydrolysis) is 1. The second-order valence-electron chi connectivity index (χ2n) is 7.95. The lowest BCUT2D eigenvalue weighted by atomic mass is 9.92. The van der Waals surface area contributed by atoms with E-state index < -0.39 is 23.7 Å². The fraction of sp³-hybridized carbons (Fsp3) is 0.417. The fourth-order valence-corrected chi connectivity index (χ4v) is 4.95. The van der Waals surface area contributed by atoms with Crippen molar-refractivity contribution < 1.29 is 24.2 Å². The van der Waals surface area contributed by atoms with Crippen LogP contribution < -0.4 is 5.32 Å². The molecule has 1 atom stereocenters. The van der Waals surface area contributed by atoms with Crippen LogP contribution in [0.25, 0.3) is 11.1 Å². The first-order chi connectivity index (χ1) is 14.6. The molecule has 158 valence electrons. The maximum atomic E-state index is 12.6. The first-order valence-corrected chi connectivity index (χ1v) is 10.5. The van der Waals surface area contributed by atoms with Crippen molar-refractivity contribution in [3.05, 3.63) is 59.7 Å². The molecule has 2 aromatic carbocycles. The van der Waals surface area contributed by atoms with Crippen LogP contribution in [0.15, 0.2) is 48.5 Å². The molecule has 0 heterocycles.